The van der Waals surface area contributed by atoms with Gasteiger partial charge in [-0.25, -0.2) is 32.9 Å². The minimum atomic E-state index is -4.08. The minimum absolute atomic E-state index is 0.00316. The lowest BCUT2D eigenvalue weighted by atomic mass is 9.78. The second-order valence-corrected chi connectivity index (χ2v) is 21.6. The van der Waals surface area contributed by atoms with E-state index in [1.165, 1.54) is 17.4 Å². The van der Waals surface area contributed by atoms with Gasteiger partial charge in [-0.15, -0.1) is 11.3 Å². The van der Waals surface area contributed by atoms with Crippen molar-refractivity contribution in [3.63, 3.8) is 0 Å². The van der Waals surface area contributed by atoms with E-state index in [0.717, 1.165) is 42.2 Å². The van der Waals surface area contributed by atoms with Crippen molar-refractivity contribution >= 4 is 56.6 Å². The number of carbonyl (C=O) groups excluding carboxylic acids is 4. The predicted molar refractivity (Wildman–Crippen MR) is 252 cm³/mol. The fraction of sp³-hybridized carbons (Fsp3) is 0.521. The normalized spacial score (nSPS) is 20.3. The highest BCUT2D eigenvalue weighted by atomic mass is 32.2. The number of aromatic nitrogens is 3. The van der Waals surface area contributed by atoms with Crippen molar-refractivity contribution in [1.82, 2.24) is 30.1 Å². The zero-order chi connectivity index (χ0) is 46.9. The number of rotatable bonds is 12. The summed E-state index contributed by atoms with van der Waals surface area (Å²) in [5.74, 6) is -0.862. The third kappa shape index (κ3) is 10.0. The van der Waals surface area contributed by atoms with Crippen molar-refractivity contribution < 1.29 is 32.0 Å². The molecule has 4 N–H and O–H groups in total. The number of amides is 4. The van der Waals surface area contributed by atoms with Crippen LogP contribution >= 0.6 is 11.3 Å². The second kappa shape index (κ2) is 19.5. The molecule has 2 atom stereocenters. The Morgan fingerprint density at radius 2 is 1.64 bits per heavy atom. The topological polar surface area (TPSA) is 201 Å². The van der Waals surface area contributed by atoms with Crippen LogP contribution in [0.25, 0.3) is 21.8 Å². The van der Waals surface area contributed by atoms with Gasteiger partial charge in [0.2, 0.25) is 39.6 Å². The Morgan fingerprint density at radius 3 is 2.27 bits per heavy atom. The average Bonchev–Trinajstić information content (AvgIpc) is 3.75. The highest BCUT2D eigenvalue weighted by Crippen LogP contribution is 2.44. The van der Waals surface area contributed by atoms with Gasteiger partial charge in [-0.05, 0) is 95.0 Å². The van der Waals surface area contributed by atoms with Crippen molar-refractivity contribution in [2.24, 2.45) is 16.5 Å². The maximum atomic E-state index is 16.5. The zero-order valence-electron chi connectivity index (χ0n) is 38.1. The number of hydrogen-bond acceptors (Lipinski definition) is 12. The Bertz CT molecular complexity index is 2560. The van der Waals surface area contributed by atoms with Crippen LogP contribution in [-0.2, 0) is 29.2 Å². The number of likely N-dealkylation sites (tertiary alicyclic amines) is 2. The van der Waals surface area contributed by atoms with Gasteiger partial charge in [0.1, 0.15) is 11.1 Å². The summed E-state index contributed by atoms with van der Waals surface area (Å²) in [5.41, 5.74) is 2.45. The summed E-state index contributed by atoms with van der Waals surface area (Å²) in [7, 11) is -4.08. The summed E-state index contributed by atoms with van der Waals surface area (Å²) < 4.78 is 41.5. The van der Waals surface area contributed by atoms with E-state index in [4.69, 9.17) is 15.1 Å². The van der Waals surface area contributed by atoms with Gasteiger partial charge < -0.3 is 20.0 Å². The van der Waals surface area contributed by atoms with Crippen molar-refractivity contribution in [2.45, 2.75) is 109 Å². The number of piperidine rings is 4. The van der Waals surface area contributed by atoms with Crippen LogP contribution < -0.4 is 20.7 Å². The molecule has 2 aromatic carbocycles. The molecule has 0 saturated carbocycles. The predicted octanol–water partition coefficient (Wildman–Crippen LogP) is 6.74. The molecule has 4 aromatic rings. The summed E-state index contributed by atoms with van der Waals surface area (Å²) in [6.07, 6.45) is 6.60. The summed E-state index contributed by atoms with van der Waals surface area (Å²) in [4.78, 5) is 72.9. The first kappa shape index (κ1) is 47.2. The molecule has 0 spiro atoms. The van der Waals surface area contributed by atoms with Crippen molar-refractivity contribution in [3.8, 4) is 21.8 Å². The van der Waals surface area contributed by atoms with Gasteiger partial charge in [-0.2, -0.15) is 0 Å². The number of anilines is 2. The molecule has 66 heavy (non-hydrogen) atoms. The maximum Gasteiger partial charge on any atom is 0.234 e. The lowest BCUT2D eigenvalue weighted by Gasteiger charge is -2.44. The van der Waals surface area contributed by atoms with E-state index >= 15 is 4.39 Å². The molecule has 8 rings (SSSR count). The van der Waals surface area contributed by atoms with Gasteiger partial charge in [0.15, 0.2) is 0 Å². The summed E-state index contributed by atoms with van der Waals surface area (Å²) in [6.45, 7) is 11.3. The molecular formula is C48H60FN9O6S2. The van der Waals surface area contributed by atoms with E-state index in [-0.39, 0.29) is 65.0 Å². The molecule has 0 radical (unpaired) electrons. The van der Waals surface area contributed by atoms with Crippen LogP contribution in [0.4, 0.5) is 16.0 Å². The highest BCUT2D eigenvalue weighted by molar-refractivity contribution is 7.89. The van der Waals surface area contributed by atoms with Crippen LogP contribution in [0.1, 0.15) is 119 Å². The molecule has 2 aromatic heterocycles. The molecule has 352 valence electrons. The van der Waals surface area contributed by atoms with E-state index in [9.17, 15) is 27.6 Å². The van der Waals surface area contributed by atoms with Gasteiger partial charge in [0, 0.05) is 92.0 Å². The van der Waals surface area contributed by atoms with Crippen LogP contribution in [0.5, 0.6) is 0 Å². The number of benzene rings is 2. The number of nitrogens with zero attached hydrogens (tertiary/aromatic N) is 6. The van der Waals surface area contributed by atoms with Gasteiger partial charge >= 0.3 is 0 Å². The number of hydrogen-bond donors (Lipinski definition) is 3. The zero-order valence-corrected chi connectivity index (χ0v) is 39.7. The molecule has 4 saturated heterocycles. The van der Waals surface area contributed by atoms with Crippen LogP contribution in [0, 0.1) is 17.2 Å². The number of imide groups is 1. The summed E-state index contributed by atoms with van der Waals surface area (Å²) >= 11 is 1.43. The van der Waals surface area contributed by atoms with Crippen molar-refractivity contribution in [2.75, 3.05) is 49.5 Å². The molecule has 0 bridgehead atoms. The Hall–Kier alpha value is -5.33. The SMILES string of the molecule is CCC(c1cccc(-c2nc(C3CCN(C(=O)C4(C)CCN(C(=O)C5CCN(c6ccc(C7CCC(=O)NC7=O)cc6)CC5)CC4)CC3)sc2-c2ccnc(NC(C)C)n2)c1F)S(N)(=O)=O. The van der Waals surface area contributed by atoms with Crippen LogP contribution in [0.3, 0.4) is 0 Å². The summed E-state index contributed by atoms with van der Waals surface area (Å²) in [5, 5.41) is 10.8. The number of carbonyl (C=O) groups is 4. The average molecular weight is 942 g/mol. The van der Waals surface area contributed by atoms with Crippen LogP contribution in [0.2, 0.25) is 0 Å². The highest BCUT2D eigenvalue weighted by Gasteiger charge is 2.43. The number of thiazole rings is 1. The molecular weight excluding hydrogens is 882 g/mol. The Morgan fingerprint density at radius 1 is 0.939 bits per heavy atom. The van der Waals surface area contributed by atoms with E-state index in [2.05, 4.69) is 20.5 Å². The standard InChI is InChI=1S/C48H60FN9O6S2/c1-5-38(66(50,63)64)35-7-6-8-36(40(35)49)41-42(37-15-22-51-47(53-37)52-29(2)3)65-44(55-41)31-16-25-58(26-17-31)46(62)48(4)20-27-57(28-21-48)45(61)32-18-23-56(24-19-32)33-11-9-30(10-12-33)34-13-14-39(59)54-43(34)60/h6-12,15,22,29,31-32,34,38H,5,13-14,16-21,23-28H2,1-4H3,(H2,50,63,64)(H,51,52,53)(H,54,59,60). The maximum absolute atomic E-state index is 16.5. The number of halogens is 1. The second-order valence-electron chi connectivity index (χ2n) is 18.8. The third-order valence-electron chi connectivity index (χ3n) is 13.9. The van der Waals surface area contributed by atoms with E-state index in [0.29, 0.717) is 86.9 Å². The fourth-order valence-electron chi connectivity index (χ4n) is 10.0. The molecule has 18 heteroatoms. The Labute approximate surface area is 390 Å². The molecule has 2 unspecified atom stereocenters. The van der Waals surface area contributed by atoms with Gasteiger partial charge in [-0.3, -0.25) is 24.5 Å². The first-order valence-corrected chi connectivity index (χ1v) is 25.6. The molecule has 4 aliphatic rings. The smallest absolute Gasteiger partial charge is 0.234 e. The minimum Gasteiger partial charge on any atom is -0.371 e. The molecule has 6 heterocycles. The number of nitrogens with two attached hydrogens (primary N) is 1. The fourth-order valence-corrected chi connectivity index (χ4v) is 12.2. The Kier molecular flexibility index (Phi) is 13.9. The van der Waals surface area contributed by atoms with E-state index in [1.807, 2.05) is 54.8 Å². The number of nitrogens with one attached hydrogen (secondary N) is 2. The molecule has 4 fully saturated rings. The molecule has 15 nitrogen and oxygen atoms in total. The van der Waals surface area contributed by atoms with Gasteiger partial charge in [0.25, 0.3) is 0 Å². The number of sulfonamides is 1. The monoisotopic (exact) mass is 941 g/mol. The van der Waals surface area contributed by atoms with Crippen LogP contribution in [0.15, 0.2) is 54.7 Å². The molecule has 4 aliphatic heterocycles. The number of primary sulfonamides is 1. The van der Waals surface area contributed by atoms with E-state index < -0.39 is 26.5 Å². The van der Waals surface area contributed by atoms with Gasteiger partial charge in [0.05, 0.1) is 27.2 Å². The van der Waals surface area contributed by atoms with E-state index in [1.54, 1.807) is 31.3 Å². The lowest BCUT2D eigenvalue weighted by molar-refractivity contribution is -0.149. The van der Waals surface area contributed by atoms with Crippen molar-refractivity contribution in [3.05, 3.63) is 76.7 Å². The lowest BCUT2D eigenvalue weighted by Crippen LogP contribution is -2.52. The third-order valence-corrected chi connectivity index (χ3v) is 16.5. The largest absolute Gasteiger partial charge is 0.371 e. The van der Waals surface area contributed by atoms with Gasteiger partial charge in [-0.1, -0.05) is 38.1 Å². The summed E-state index contributed by atoms with van der Waals surface area (Å²) in [6, 6.07) is 14.5. The molecule has 0 aliphatic carbocycles. The van der Waals surface area contributed by atoms with Crippen molar-refractivity contribution in [1.29, 1.82) is 0 Å². The first-order chi connectivity index (χ1) is 31.5. The quantitative estimate of drug-likeness (QED) is 0.127. The van der Waals surface area contributed by atoms with Crippen LogP contribution in [-0.4, -0.2) is 102 Å². The molecule has 4 amide bonds. The Balaban J connectivity index is 0.886. The first-order valence-electron chi connectivity index (χ1n) is 23.2.